The lowest BCUT2D eigenvalue weighted by atomic mass is 9.61. The normalized spacial score (nSPS) is 11.7. The molecule has 0 aliphatic carbocycles. The molecule has 0 amide bonds. The number of nitrogens with zero attached hydrogens (tertiary/aromatic N) is 2. The van der Waals surface area contributed by atoms with E-state index in [0.29, 0.717) is 11.5 Å². The van der Waals surface area contributed by atoms with Gasteiger partial charge in [0.2, 0.25) is 0 Å². The number of benzene rings is 9. The van der Waals surface area contributed by atoms with Gasteiger partial charge in [-0.25, -0.2) is 4.98 Å². The molecule has 10 radical (unpaired) electrons. The summed E-state index contributed by atoms with van der Waals surface area (Å²) in [5.41, 5.74) is 10.8. The molecule has 2 heterocycles. The predicted octanol–water partition coefficient (Wildman–Crippen LogP) is 8.34. The summed E-state index contributed by atoms with van der Waals surface area (Å²) in [5, 5.41) is 7.19. The van der Waals surface area contributed by atoms with Crippen LogP contribution >= 0.6 is 11.3 Å². The van der Waals surface area contributed by atoms with E-state index in [1.54, 1.807) is 0 Å². The highest BCUT2D eigenvalue weighted by atomic mass is 32.1. The van der Waals surface area contributed by atoms with Gasteiger partial charge in [-0.2, -0.15) is 0 Å². The molecule has 2 aromatic heterocycles. The smallest absolute Gasteiger partial charge is 0.145 e. The summed E-state index contributed by atoms with van der Waals surface area (Å²) in [6.07, 6.45) is 0. The Morgan fingerprint density at radius 1 is 0.407 bits per heavy atom. The van der Waals surface area contributed by atoms with Crippen molar-refractivity contribution in [2.45, 2.75) is 0 Å². The van der Waals surface area contributed by atoms with Gasteiger partial charge in [-0.3, -0.25) is 4.57 Å². The molecule has 2 nitrogen and oxygen atoms in total. The van der Waals surface area contributed by atoms with Gasteiger partial charge in [0.05, 0.1) is 11.0 Å². The molecule has 11 rings (SSSR count). The van der Waals surface area contributed by atoms with Crippen LogP contribution in [-0.4, -0.2) is 48.8 Å². The zero-order valence-electron chi connectivity index (χ0n) is 31.8. The Hall–Kier alpha value is -6.49. The fourth-order valence-corrected chi connectivity index (χ4v) is 10.0. The molecular weight excluding hydrogens is 727 g/mol. The second-order valence-corrected chi connectivity index (χ2v) is 16.0. The van der Waals surface area contributed by atoms with Crippen LogP contribution in [0.25, 0.3) is 103 Å². The van der Waals surface area contributed by atoms with Crippen LogP contribution in [0.3, 0.4) is 0 Å². The Balaban J connectivity index is 1.22. The van der Waals surface area contributed by atoms with Crippen LogP contribution in [0.4, 0.5) is 0 Å². The maximum atomic E-state index is 6.71. The Labute approximate surface area is 352 Å². The zero-order valence-corrected chi connectivity index (χ0v) is 32.6. The molecule has 0 saturated carbocycles. The topological polar surface area (TPSA) is 17.8 Å². The number of aromatic nitrogens is 2. The van der Waals surface area contributed by atoms with E-state index < -0.39 is 0 Å². The third kappa shape index (κ3) is 5.50. The first-order valence-corrected chi connectivity index (χ1v) is 20.2. The molecule has 262 valence electrons. The van der Waals surface area contributed by atoms with Crippen molar-refractivity contribution in [1.82, 2.24) is 9.55 Å². The standard InChI is InChI=1S/C51H27B5N2S/c52-45-46(53)48(55)50(49(56)47(45)54)58-39-21-8-7-20-38(39)57-51(58)31-15-10-14-30(26-31)42-32-16-4-5-17-33(32)43(37-27-29(24-25-34(37)42)28-12-2-1-3-13-28)36-19-11-23-41-44(36)35-18-6-9-22-40(35)59-41/h1-27H. The van der Waals surface area contributed by atoms with E-state index in [-0.39, 0.29) is 27.3 Å². The first-order valence-electron chi connectivity index (χ1n) is 19.4. The molecule has 0 bridgehead atoms. The Morgan fingerprint density at radius 2 is 1.00 bits per heavy atom. The molecule has 0 fully saturated rings. The Morgan fingerprint density at radius 3 is 1.80 bits per heavy atom. The minimum atomic E-state index is 0.165. The van der Waals surface area contributed by atoms with Crippen molar-refractivity contribution in [2.75, 3.05) is 0 Å². The largest absolute Gasteiger partial charge is 0.294 e. The van der Waals surface area contributed by atoms with Gasteiger partial charge < -0.3 is 0 Å². The third-order valence-electron chi connectivity index (χ3n) is 11.7. The van der Waals surface area contributed by atoms with Gasteiger partial charge in [-0.05, 0) is 91.3 Å². The van der Waals surface area contributed by atoms with E-state index in [2.05, 4.69) is 140 Å². The van der Waals surface area contributed by atoms with Crippen molar-refractivity contribution in [3.63, 3.8) is 0 Å². The maximum absolute atomic E-state index is 6.71. The molecule has 9 aromatic carbocycles. The molecule has 11 aromatic rings. The molecule has 59 heavy (non-hydrogen) atoms. The van der Waals surface area contributed by atoms with Crippen molar-refractivity contribution in [1.29, 1.82) is 0 Å². The summed E-state index contributed by atoms with van der Waals surface area (Å²) >= 11 is 1.84. The van der Waals surface area contributed by atoms with Gasteiger partial charge in [0.15, 0.2) is 0 Å². The number of fused-ring (bicyclic) bond motifs is 6. The minimum Gasteiger partial charge on any atom is -0.294 e. The van der Waals surface area contributed by atoms with E-state index in [9.17, 15) is 0 Å². The number of imidazole rings is 1. The van der Waals surface area contributed by atoms with Crippen molar-refractivity contribution >= 4 is 131 Å². The highest BCUT2D eigenvalue weighted by molar-refractivity contribution is 7.26. The SMILES string of the molecule is [B]c1c([B])c([B])c(-n2c(-c3cccc(-c4c5ccccc5c(-c5cccc6sc7ccccc7c56)c5cc(-c6ccccc6)ccc45)c3)nc3ccccc32)c([B])c1[B]. The van der Waals surface area contributed by atoms with Crippen LogP contribution in [0.5, 0.6) is 0 Å². The minimum absolute atomic E-state index is 0.165. The molecule has 0 aliphatic heterocycles. The van der Waals surface area contributed by atoms with E-state index in [1.807, 2.05) is 40.2 Å². The van der Waals surface area contributed by atoms with Crippen LogP contribution in [-0.2, 0) is 0 Å². The van der Waals surface area contributed by atoms with Gasteiger partial charge in [-0.1, -0.05) is 138 Å². The summed E-state index contributed by atoms with van der Waals surface area (Å²) < 4.78 is 4.49. The van der Waals surface area contributed by atoms with Gasteiger partial charge in [0.25, 0.3) is 0 Å². The monoisotopic (exact) mass is 754 g/mol. The van der Waals surface area contributed by atoms with Crippen molar-refractivity contribution in [3.8, 4) is 50.5 Å². The number of hydrogen-bond acceptors (Lipinski definition) is 2. The molecule has 0 atom stereocenters. The highest BCUT2D eigenvalue weighted by Gasteiger charge is 2.23. The van der Waals surface area contributed by atoms with Gasteiger partial charge in [-0.15, -0.1) is 27.7 Å². The summed E-state index contributed by atoms with van der Waals surface area (Å²) in [6.45, 7) is 0. The fourth-order valence-electron chi connectivity index (χ4n) is 8.91. The lowest BCUT2D eigenvalue weighted by Gasteiger charge is -2.23. The van der Waals surface area contributed by atoms with Crippen molar-refractivity contribution < 1.29 is 0 Å². The number of para-hydroxylation sites is 2. The summed E-state index contributed by atoms with van der Waals surface area (Å²) in [7, 11) is 32.5. The van der Waals surface area contributed by atoms with E-state index in [0.717, 1.165) is 49.6 Å². The molecule has 0 saturated heterocycles. The number of thiophene rings is 1. The van der Waals surface area contributed by atoms with E-state index in [4.69, 9.17) is 44.2 Å². The van der Waals surface area contributed by atoms with Gasteiger partial charge >= 0.3 is 0 Å². The first-order chi connectivity index (χ1) is 28.9. The molecule has 0 unspecified atom stereocenters. The molecule has 0 spiro atoms. The quantitative estimate of drug-likeness (QED) is 0.128. The average molecular weight is 754 g/mol. The van der Waals surface area contributed by atoms with Crippen LogP contribution in [0.1, 0.15) is 0 Å². The van der Waals surface area contributed by atoms with Crippen LogP contribution in [0.2, 0.25) is 0 Å². The van der Waals surface area contributed by atoms with Crippen LogP contribution in [0.15, 0.2) is 164 Å². The van der Waals surface area contributed by atoms with Crippen molar-refractivity contribution in [2.24, 2.45) is 0 Å². The Kier molecular flexibility index (Phi) is 8.36. The van der Waals surface area contributed by atoms with Crippen LogP contribution < -0.4 is 27.3 Å². The first kappa shape index (κ1) is 35.7. The summed E-state index contributed by atoms with van der Waals surface area (Å²) in [5.74, 6) is 0.641. The Bertz CT molecular complexity index is 3490. The second-order valence-electron chi connectivity index (χ2n) is 15.0. The third-order valence-corrected chi connectivity index (χ3v) is 12.8. The number of rotatable bonds is 5. The van der Waals surface area contributed by atoms with E-state index >= 15 is 0 Å². The van der Waals surface area contributed by atoms with Gasteiger partial charge in [0.1, 0.15) is 45.1 Å². The summed E-state index contributed by atoms with van der Waals surface area (Å²) in [4.78, 5) is 5.17. The molecule has 0 N–H and O–H groups in total. The van der Waals surface area contributed by atoms with Crippen molar-refractivity contribution in [3.05, 3.63) is 164 Å². The maximum Gasteiger partial charge on any atom is 0.145 e. The lowest BCUT2D eigenvalue weighted by molar-refractivity contribution is 1.12. The lowest BCUT2D eigenvalue weighted by Crippen LogP contribution is -2.56. The highest BCUT2D eigenvalue weighted by Crippen LogP contribution is 2.49. The van der Waals surface area contributed by atoms with Gasteiger partial charge in [0, 0.05) is 31.4 Å². The van der Waals surface area contributed by atoms with Crippen LogP contribution in [0, 0.1) is 0 Å². The molecule has 0 aliphatic rings. The fraction of sp³-hybridized carbons (Fsp3) is 0. The van der Waals surface area contributed by atoms with E-state index in [1.165, 1.54) is 42.1 Å². The molecular formula is C51H27B5N2S. The zero-order chi connectivity index (χ0) is 39.9. The second kappa shape index (κ2) is 13.8. The molecule has 8 heteroatoms. The summed E-state index contributed by atoms with van der Waals surface area (Å²) in [6, 6.07) is 58.1. The predicted molar refractivity (Wildman–Crippen MR) is 258 cm³/mol. The number of hydrogen-bond donors (Lipinski definition) is 0. The average Bonchev–Trinajstić information content (AvgIpc) is 3.86.